The minimum Gasteiger partial charge on any atom is -0.356 e. The van der Waals surface area contributed by atoms with Gasteiger partial charge in [0.15, 0.2) is 0 Å². The van der Waals surface area contributed by atoms with Gasteiger partial charge in [-0.25, -0.2) is 0 Å². The van der Waals surface area contributed by atoms with Crippen molar-refractivity contribution in [1.29, 1.82) is 0 Å². The van der Waals surface area contributed by atoms with Crippen LogP contribution in [0.3, 0.4) is 0 Å². The zero-order valence-electron chi connectivity index (χ0n) is 12.4. The van der Waals surface area contributed by atoms with E-state index in [1.54, 1.807) is 0 Å². The minimum atomic E-state index is 0.213. The van der Waals surface area contributed by atoms with E-state index >= 15 is 0 Å². The van der Waals surface area contributed by atoms with Crippen molar-refractivity contribution in [3.63, 3.8) is 0 Å². The SMILES string of the molecule is CCCCCCCCC(=O)NCC1CCCCC1Cl. The third kappa shape index (κ3) is 7.81. The summed E-state index contributed by atoms with van der Waals surface area (Å²) in [6.45, 7) is 3.01. The van der Waals surface area contributed by atoms with Crippen molar-refractivity contribution in [3.8, 4) is 0 Å². The highest BCUT2D eigenvalue weighted by Crippen LogP contribution is 2.27. The second-order valence-corrected chi connectivity index (χ2v) is 6.44. The lowest BCUT2D eigenvalue weighted by molar-refractivity contribution is -0.121. The molecule has 2 unspecified atom stereocenters. The lowest BCUT2D eigenvalue weighted by Gasteiger charge is -2.27. The molecule has 1 saturated carbocycles. The quantitative estimate of drug-likeness (QED) is 0.485. The molecule has 0 saturated heterocycles. The van der Waals surface area contributed by atoms with Crippen LogP contribution in [0.2, 0.25) is 0 Å². The van der Waals surface area contributed by atoms with Crippen molar-refractivity contribution in [2.45, 2.75) is 82.9 Å². The standard InChI is InChI=1S/C16H30ClNO/c1-2-3-4-5-6-7-12-16(19)18-13-14-10-8-9-11-15(14)17/h14-15H,2-13H2,1H3,(H,18,19). The maximum Gasteiger partial charge on any atom is 0.220 e. The van der Waals surface area contributed by atoms with Crippen molar-refractivity contribution in [2.75, 3.05) is 6.54 Å². The highest BCUT2D eigenvalue weighted by Gasteiger charge is 2.23. The van der Waals surface area contributed by atoms with Crippen LogP contribution in [0.25, 0.3) is 0 Å². The van der Waals surface area contributed by atoms with Crippen LogP contribution in [0.15, 0.2) is 0 Å². The Morgan fingerprint density at radius 1 is 1.11 bits per heavy atom. The number of carbonyl (C=O) groups is 1. The molecule has 3 heteroatoms. The molecule has 19 heavy (non-hydrogen) atoms. The summed E-state index contributed by atoms with van der Waals surface area (Å²) < 4.78 is 0. The molecule has 1 N–H and O–H groups in total. The molecular formula is C16H30ClNO. The molecule has 1 amide bonds. The van der Waals surface area contributed by atoms with Crippen molar-refractivity contribution < 1.29 is 4.79 Å². The Balaban J connectivity index is 1.98. The second kappa shape index (κ2) is 10.5. The van der Waals surface area contributed by atoms with E-state index in [0.29, 0.717) is 12.3 Å². The summed E-state index contributed by atoms with van der Waals surface area (Å²) in [6, 6.07) is 0. The Morgan fingerprint density at radius 3 is 2.53 bits per heavy atom. The van der Waals surface area contributed by atoms with Crippen LogP contribution in [-0.2, 0) is 4.79 Å². The van der Waals surface area contributed by atoms with Crippen LogP contribution >= 0.6 is 11.6 Å². The molecule has 1 aliphatic carbocycles. The number of carbonyl (C=O) groups excluding carboxylic acids is 1. The van der Waals surface area contributed by atoms with Crippen molar-refractivity contribution in [1.82, 2.24) is 5.32 Å². The summed E-state index contributed by atoms with van der Waals surface area (Å²) in [6.07, 6.45) is 12.9. The topological polar surface area (TPSA) is 29.1 Å². The predicted octanol–water partition coefficient (Wildman–Crippen LogP) is 4.65. The van der Waals surface area contributed by atoms with Gasteiger partial charge in [0.1, 0.15) is 0 Å². The summed E-state index contributed by atoms with van der Waals surface area (Å²) in [5.74, 6) is 0.703. The lowest BCUT2D eigenvalue weighted by Crippen LogP contribution is -2.34. The fourth-order valence-electron chi connectivity index (χ4n) is 2.79. The molecule has 0 aromatic carbocycles. The van der Waals surface area contributed by atoms with Gasteiger partial charge in [-0.05, 0) is 25.2 Å². The van der Waals surface area contributed by atoms with E-state index in [4.69, 9.17) is 11.6 Å². The molecule has 1 fully saturated rings. The summed E-state index contributed by atoms with van der Waals surface area (Å²) in [5.41, 5.74) is 0. The number of halogens is 1. The van der Waals surface area contributed by atoms with E-state index in [-0.39, 0.29) is 11.3 Å². The molecule has 0 aromatic heterocycles. The van der Waals surface area contributed by atoms with E-state index in [1.165, 1.54) is 51.4 Å². The number of alkyl halides is 1. The molecule has 0 aromatic rings. The van der Waals surface area contributed by atoms with Crippen LogP contribution in [0, 0.1) is 5.92 Å². The fourth-order valence-corrected chi connectivity index (χ4v) is 3.16. The van der Waals surface area contributed by atoms with Crippen molar-refractivity contribution in [3.05, 3.63) is 0 Å². The zero-order chi connectivity index (χ0) is 13.9. The van der Waals surface area contributed by atoms with E-state index in [9.17, 15) is 4.79 Å². The van der Waals surface area contributed by atoms with Gasteiger partial charge < -0.3 is 5.32 Å². The average molecular weight is 288 g/mol. The van der Waals surface area contributed by atoms with Crippen LogP contribution in [0.1, 0.15) is 77.6 Å². The minimum absolute atomic E-state index is 0.213. The molecule has 1 rings (SSSR count). The molecule has 0 bridgehead atoms. The number of unbranched alkanes of at least 4 members (excludes halogenated alkanes) is 5. The van der Waals surface area contributed by atoms with Gasteiger partial charge in [-0.2, -0.15) is 0 Å². The molecule has 0 aliphatic heterocycles. The number of nitrogens with one attached hydrogen (secondary N) is 1. The predicted molar refractivity (Wildman–Crippen MR) is 82.6 cm³/mol. The highest BCUT2D eigenvalue weighted by atomic mass is 35.5. The third-order valence-electron chi connectivity index (χ3n) is 4.14. The first-order valence-electron chi connectivity index (χ1n) is 8.14. The number of amides is 1. The summed E-state index contributed by atoms with van der Waals surface area (Å²) in [7, 11) is 0. The van der Waals surface area contributed by atoms with Crippen LogP contribution < -0.4 is 5.32 Å². The Hall–Kier alpha value is -0.240. The Bertz CT molecular complexity index is 245. The van der Waals surface area contributed by atoms with Gasteiger partial charge in [0.05, 0.1) is 0 Å². The van der Waals surface area contributed by atoms with Crippen molar-refractivity contribution >= 4 is 17.5 Å². The molecular weight excluding hydrogens is 258 g/mol. The van der Waals surface area contributed by atoms with Gasteiger partial charge >= 0.3 is 0 Å². The van der Waals surface area contributed by atoms with Gasteiger partial charge in [-0.1, -0.05) is 51.9 Å². The molecule has 0 heterocycles. The zero-order valence-corrected chi connectivity index (χ0v) is 13.2. The third-order valence-corrected chi connectivity index (χ3v) is 4.71. The normalized spacial score (nSPS) is 23.3. The van der Waals surface area contributed by atoms with Crippen LogP contribution in [0.5, 0.6) is 0 Å². The summed E-state index contributed by atoms with van der Waals surface area (Å²) in [5, 5.41) is 3.33. The maximum absolute atomic E-state index is 11.7. The largest absolute Gasteiger partial charge is 0.356 e. The first-order chi connectivity index (χ1) is 9.24. The molecule has 1 aliphatic rings. The van der Waals surface area contributed by atoms with Crippen LogP contribution in [0.4, 0.5) is 0 Å². The Labute approximate surface area is 123 Å². The molecule has 0 radical (unpaired) electrons. The van der Waals surface area contributed by atoms with Gasteiger partial charge in [0.2, 0.25) is 5.91 Å². The number of hydrogen-bond donors (Lipinski definition) is 1. The molecule has 2 atom stereocenters. The first-order valence-corrected chi connectivity index (χ1v) is 8.58. The second-order valence-electron chi connectivity index (χ2n) is 5.88. The summed E-state index contributed by atoms with van der Waals surface area (Å²) in [4.78, 5) is 11.7. The van der Waals surface area contributed by atoms with E-state index in [2.05, 4.69) is 12.2 Å². The Kier molecular flexibility index (Phi) is 9.32. The van der Waals surface area contributed by atoms with E-state index < -0.39 is 0 Å². The molecule has 0 spiro atoms. The maximum atomic E-state index is 11.7. The first kappa shape index (κ1) is 16.8. The average Bonchev–Trinajstić information content (AvgIpc) is 2.42. The van der Waals surface area contributed by atoms with Crippen LogP contribution in [-0.4, -0.2) is 17.8 Å². The highest BCUT2D eigenvalue weighted by molar-refractivity contribution is 6.20. The van der Waals surface area contributed by atoms with E-state index in [0.717, 1.165) is 19.4 Å². The van der Waals surface area contributed by atoms with Gasteiger partial charge in [0, 0.05) is 18.3 Å². The molecule has 112 valence electrons. The van der Waals surface area contributed by atoms with Gasteiger partial charge in [-0.15, -0.1) is 11.6 Å². The van der Waals surface area contributed by atoms with Gasteiger partial charge in [0.25, 0.3) is 0 Å². The van der Waals surface area contributed by atoms with Crippen molar-refractivity contribution in [2.24, 2.45) is 5.92 Å². The number of rotatable bonds is 9. The monoisotopic (exact) mass is 287 g/mol. The van der Waals surface area contributed by atoms with E-state index in [1.807, 2.05) is 0 Å². The lowest BCUT2D eigenvalue weighted by atomic mass is 9.88. The number of hydrogen-bond acceptors (Lipinski definition) is 1. The van der Waals surface area contributed by atoms with Gasteiger partial charge in [-0.3, -0.25) is 4.79 Å². The Morgan fingerprint density at radius 2 is 1.79 bits per heavy atom. The fraction of sp³-hybridized carbons (Fsp3) is 0.938. The smallest absolute Gasteiger partial charge is 0.220 e. The summed E-state index contributed by atoms with van der Waals surface area (Å²) >= 11 is 6.29. The molecule has 2 nitrogen and oxygen atoms in total.